The van der Waals surface area contributed by atoms with Crippen molar-refractivity contribution in [2.24, 2.45) is 4.99 Å². The molecule has 0 atom stereocenters. The summed E-state index contributed by atoms with van der Waals surface area (Å²) in [7, 11) is 0. The van der Waals surface area contributed by atoms with Crippen LogP contribution in [0.5, 0.6) is 0 Å². The lowest BCUT2D eigenvalue weighted by Crippen LogP contribution is -2.13. The molecule has 0 aromatic rings. The second-order valence-corrected chi connectivity index (χ2v) is 1.87. The molecule has 0 fully saturated rings. The topological polar surface area (TPSA) is 66.9 Å². The third-order valence-corrected chi connectivity index (χ3v) is 1.21. The fraction of sp³-hybridized carbons (Fsp3) is 0.333. The molecule has 53 valence electrons. The summed E-state index contributed by atoms with van der Waals surface area (Å²) in [6, 6.07) is -0.394. The molecule has 1 rings (SSSR count). The largest absolute Gasteiger partial charge is 0.541 e. The highest BCUT2D eigenvalue weighted by molar-refractivity contribution is 6.00. The highest BCUT2D eigenvalue weighted by Gasteiger charge is 2.19. The Kier molecular flexibility index (Phi) is 1.71. The molecule has 4 heteroatoms. The summed E-state index contributed by atoms with van der Waals surface area (Å²) in [6.45, 7) is 1.87. The average Bonchev–Trinajstić information content (AvgIpc) is 1.88. The minimum atomic E-state index is -0.394. The molecule has 1 aliphatic rings. The lowest BCUT2D eigenvalue weighted by Gasteiger charge is -1.93. The molecular weight excluding hydrogens is 132 g/mol. The SMILES string of the molecule is CCC1=C[N+]=C(O)N=C1O. The maximum absolute atomic E-state index is 8.98. The fourth-order valence-electron chi connectivity index (χ4n) is 0.638. The molecule has 0 aromatic heterocycles. The maximum Gasteiger partial charge on any atom is 0.541 e. The van der Waals surface area contributed by atoms with Crippen LogP contribution in [-0.2, 0) is 0 Å². The molecule has 0 aromatic carbocycles. The van der Waals surface area contributed by atoms with Gasteiger partial charge in [-0.1, -0.05) is 6.92 Å². The van der Waals surface area contributed by atoms with Gasteiger partial charge in [0.15, 0.2) is 6.20 Å². The Labute approximate surface area is 58.2 Å². The monoisotopic (exact) mass is 140 g/mol. The van der Waals surface area contributed by atoms with E-state index in [1.54, 1.807) is 0 Å². The molecule has 0 bridgehead atoms. The zero-order valence-corrected chi connectivity index (χ0v) is 5.57. The van der Waals surface area contributed by atoms with Crippen LogP contribution in [0.1, 0.15) is 13.3 Å². The zero-order valence-electron chi connectivity index (χ0n) is 5.57. The first-order chi connectivity index (χ1) is 4.74. The van der Waals surface area contributed by atoms with Crippen molar-refractivity contribution in [3.63, 3.8) is 0 Å². The van der Waals surface area contributed by atoms with Crippen LogP contribution in [0, 0.1) is 0 Å². The quantitative estimate of drug-likeness (QED) is 0.557. The molecular formula is C6H8N2O2+. The normalized spacial score (nSPS) is 17.5. The van der Waals surface area contributed by atoms with Crippen LogP contribution in [-0.4, -0.2) is 22.1 Å². The van der Waals surface area contributed by atoms with Gasteiger partial charge >= 0.3 is 11.9 Å². The number of aliphatic hydroxyl groups is 2. The van der Waals surface area contributed by atoms with E-state index in [0.29, 0.717) is 12.0 Å². The predicted octanol–water partition coefficient (Wildman–Crippen LogP) is 0.500. The summed E-state index contributed by atoms with van der Waals surface area (Å²) >= 11 is 0. The first kappa shape index (κ1) is 6.80. The molecule has 10 heavy (non-hydrogen) atoms. The third-order valence-electron chi connectivity index (χ3n) is 1.21. The molecule has 0 unspecified atom stereocenters. The fourth-order valence-corrected chi connectivity index (χ4v) is 0.638. The van der Waals surface area contributed by atoms with Crippen molar-refractivity contribution in [3.05, 3.63) is 11.8 Å². The molecule has 4 nitrogen and oxygen atoms in total. The molecule has 0 saturated heterocycles. The minimum absolute atomic E-state index is 0.144. The van der Waals surface area contributed by atoms with E-state index in [1.807, 2.05) is 6.92 Å². The first-order valence-corrected chi connectivity index (χ1v) is 2.98. The molecule has 1 aliphatic heterocycles. The lowest BCUT2D eigenvalue weighted by molar-refractivity contribution is 0.515. The standard InChI is InChI=1S/C6H8N2O2/c1-2-4-3-7-6(10)8-5(4)9/h3H,2H2,1H3,(H2,8,9,10)/q+1. The molecule has 0 amide bonds. The van der Waals surface area contributed by atoms with Crippen molar-refractivity contribution in [1.29, 1.82) is 0 Å². The number of hydrogen-bond donors (Lipinski definition) is 2. The maximum atomic E-state index is 8.98. The van der Waals surface area contributed by atoms with Crippen LogP contribution in [0.4, 0.5) is 0 Å². The van der Waals surface area contributed by atoms with E-state index in [2.05, 4.69) is 9.98 Å². The van der Waals surface area contributed by atoms with Crippen LogP contribution >= 0.6 is 0 Å². The summed E-state index contributed by atoms with van der Waals surface area (Å²) in [5, 5.41) is 17.6. The predicted molar refractivity (Wildman–Crippen MR) is 38.2 cm³/mol. The number of aliphatic hydroxyl groups excluding tert-OH is 2. The minimum Gasteiger partial charge on any atom is -0.475 e. The zero-order chi connectivity index (χ0) is 7.56. The highest BCUT2D eigenvalue weighted by Crippen LogP contribution is 2.02. The van der Waals surface area contributed by atoms with Gasteiger partial charge in [-0.3, -0.25) is 0 Å². The van der Waals surface area contributed by atoms with E-state index >= 15 is 0 Å². The van der Waals surface area contributed by atoms with E-state index < -0.39 is 6.02 Å². The summed E-state index contributed by atoms with van der Waals surface area (Å²) in [5.41, 5.74) is 0.637. The Morgan fingerprint density at radius 1 is 1.60 bits per heavy atom. The molecule has 0 aliphatic carbocycles. The van der Waals surface area contributed by atoms with Crippen molar-refractivity contribution in [2.75, 3.05) is 0 Å². The smallest absolute Gasteiger partial charge is 0.475 e. The van der Waals surface area contributed by atoms with Crippen LogP contribution in [0.25, 0.3) is 0 Å². The van der Waals surface area contributed by atoms with Gasteiger partial charge in [0.1, 0.15) is 0 Å². The van der Waals surface area contributed by atoms with Crippen LogP contribution < -0.4 is 4.99 Å². The van der Waals surface area contributed by atoms with Crippen LogP contribution in [0.2, 0.25) is 0 Å². The van der Waals surface area contributed by atoms with Gasteiger partial charge < -0.3 is 10.2 Å². The highest BCUT2D eigenvalue weighted by atomic mass is 16.3. The van der Waals surface area contributed by atoms with Gasteiger partial charge in [-0.2, -0.15) is 0 Å². The molecule has 0 spiro atoms. The van der Waals surface area contributed by atoms with E-state index in [-0.39, 0.29) is 5.90 Å². The summed E-state index contributed by atoms with van der Waals surface area (Å²) in [6.07, 6.45) is 2.06. The van der Waals surface area contributed by atoms with Crippen molar-refractivity contribution in [1.82, 2.24) is 4.99 Å². The average molecular weight is 140 g/mol. The second-order valence-electron chi connectivity index (χ2n) is 1.87. The van der Waals surface area contributed by atoms with Crippen molar-refractivity contribution in [3.8, 4) is 0 Å². The van der Waals surface area contributed by atoms with E-state index in [9.17, 15) is 0 Å². The van der Waals surface area contributed by atoms with Gasteiger partial charge in [0, 0.05) is 4.99 Å². The molecule has 2 N–H and O–H groups in total. The van der Waals surface area contributed by atoms with Gasteiger partial charge in [-0.05, 0) is 11.4 Å². The van der Waals surface area contributed by atoms with Gasteiger partial charge in [-0.15, -0.1) is 0 Å². The Hall–Kier alpha value is -1.32. The van der Waals surface area contributed by atoms with Crippen molar-refractivity contribution in [2.45, 2.75) is 13.3 Å². The van der Waals surface area contributed by atoms with Gasteiger partial charge in [0.05, 0.1) is 5.57 Å². The number of rotatable bonds is 1. The molecule has 0 saturated carbocycles. The Bertz CT molecular complexity index is 228. The number of hydrogen-bond acceptors (Lipinski definition) is 2. The summed E-state index contributed by atoms with van der Waals surface area (Å²) in [4.78, 5) is 6.84. The summed E-state index contributed by atoms with van der Waals surface area (Å²) in [5.74, 6) is -0.144. The van der Waals surface area contributed by atoms with Crippen LogP contribution in [0.3, 0.4) is 0 Å². The van der Waals surface area contributed by atoms with Crippen LogP contribution in [0.15, 0.2) is 16.8 Å². The Morgan fingerprint density at radius 2 is 2.30 bits per heavy atom. The van der Waals surface area contributed by atoms with Gasteiger partial charge in [0.25, 0.3) is 0 Å². The Balaban J connectivity index is 2.91. The number of aliphatic imine (C=N–C) groups is 2. The van der Waals surface area contributed by atoms with E-state index in [0.717, 1.165) is 0 Å². The van der Waals surface area contributed by atoms with Gasteiger partial charge in [0.2, 0.25) is 0 Å². The third kappa shape index (κ3) is 1.15. The first-order valence-electron chi connectivity index (χ1n) is 2.98. The van der Waals surface area contributed by atoms with Gasteiger partial charge in [-0.25, -0.2) is 0 Å². The summed E-state index contributed by atoms with van der Waals surface area (Å²) < 4.78 is 0. The lowest BCUT2D eigenvalue weighted by atomic mass is 10.2. The number of amidine groups is 1. The van der Waals surface area contributed by atoms with E-state index in [1.165, 1.54) is 6.20 Å². The Morgan fingerprint density at radius 3 is 2.80 bits per heavy atom. The number of nitrogens with zero attached hydrogens (tertiary/aromatic N) is 2. The van der Waals surface area contributed by atoms with E-state index in [4.69, 9.17) is 10.2 Å². The van der Waals surface area contributed by atoms with Crippen molar-refractivity contribution >= 4 is 11.9 Å². The second kappa shape index (κ2) is 2.51. The molecule has 1 heterocycles. The van der Waals surface area contributed by atoms with Crippen molar-refractivity contribution < 1.29 is 10.2 Å². The molecule has 1 radical (unpaired) electrons.